The van der Waals surface area contributed by atoms with Crippen LogP contribution in [-0.2, 0) is 0 Å². The van der Waals surface area contributed by atoms with Crippen molar-refractivity contribution >= 4 is 0 Å². The first-order chi connectivity index (χ1) is 9.08. The second kappa shape index (κ2) is 6.95. The van der Waals surface area contributed by atoms with Crippen LogP contribution in [0.2, 0.25) is 0 Å². The third-order valence-corrected chi connectivity index (χ3v) is 5.84. The van der Waals surface area contributed by atoms with Gasteiger partial charge >= 0.3 is 0 Å². The fourth-order valence-corrected chi connectivity index (χ4v) is 4.63. The molecule has 0 spiro atoms. The predicted octanol–water partition coefficient (Wildman–Crippen LogP) is 6.37. The summed E-state index contributed by atoms with van der Waals surface area (Å²) in [7, 11) is 0. The summed E-state index contributed by atoms with van der Waals surface area (Å²) in [6.45, 7) is 9.67. The second-order valence-electron chi connectivity index (χ2n) is 7.73. The first-order valence-electron chi connectivity index (χ1n) is 8.73. The SMILES string of the molecule is CC(C)=C1CC(C)CCCC2CCCCC2C(C)C1. The van der Waals surface area contributed by atoms with Gasteiger partial charge in [-0.15, -0.1) is 0 Å². The summed E-state index contributed by atoms with van der Waals surface area (Å²) < 4.78 is 0. The van der Waals surface area contributed by atoms with Crippen molar-refractivity contribution in [1.29, 1.82) is 0 Å². The minimum atomic E-state index is 0.900. The van der Waals surface area contributed by atoms with Crippen molar-refractivity contribution in [3.63, 3.8) is 0 Å². The van der Waals surface area contributed by atoms with Gasteiger partial charge in [0.25, 0.3) is 0 Å². The molecular formula is C19H34. The van der Waals surface area contributed by atoms with Gasteiger partial charge in [-0.05, 0) is 56.8 Å². The summed E-state index contributed by atoms with van der Waals surface area (Å²) in [5, 5.41) is 0. The molecule has 2 aliphatic rings. The fourth-order valence-electron chi connectivity index (χ4n) is 4.63. The first kappa shape index (κ1) is 15.1. The Balaban J connectivity index is 2.13. The van der Waals surface area contributed by atoms with E-state index in [9.17, 15) is 0 Å². The Hall–Kier alpha value is -0.260. The van der Waals surface area contributed by atoms with Gasteiger partial charge in [0.15, 0.2) is 0 Å². The molecule has 2 aliphatic carbocycles. The molecule has 2 fully saturated rings. The van der Waals surface area contributed by atoms with E-state index in [1.54, 1.807) is 11.1 Å². The molecule has 4 atom stereocenters. The molecule has 2 saturated carbocycles. The Labute approximate surface area is 121 Å². The highest BCUT2D eigenvalue weighted by Gasteiger charge is 2.30. The largest absolute Gasteiger partial charge is 0.0772 e. The molecule has 0 heterocycles. The van der Waals surface area contributed by atoms with E-state index in [2.05, 4.69) is 27.7 Å². The minimum Gasteiger partial charge on any atom is -0.0772 e. The summed E-state index contributed by atoms with van der Waals surface area (Å²) in [6.07, 6.45) is 13.2. The Morgan fingerprint density at radius 1 is 0.842 bits per heavy atom. The van der Waals surface area contributed by atoms with Gasteiger partial charge in [0, 0.05) is 0 Å². The number of hydrogen-bond donors (Lipinski definition) is 0. The van der Waals surface area contributed by atoms with Gasteiger partial charge in [-0.1, -0.05) is 63.5 Å². The van der Waals surface area contributed by atoms with Crippen LogP contribution in [-0.4, -0.2) is 0 Å². The van der Waals surface area contributed by atoms with Crippen molar-refractivity contribution < 1.29 is 0 Å². The zero-order chi connectivity index (χ0) is 13.8. The van der Waals surface area contributed by atoms with Crippen LogP contribution in [0.15, 0.2) is 11.1 Å². The highest BCUT2D eigenvalue weighted by atomic mass is 14.4. The number of fused-ring (bicyclic) bond motifs is 1. The molecule has 0 nitrogen and oxygen atoms in total. The van der Waals surface area contributed by atoms with Crippen LogP contribution in [0, 0.1) is 23.7 Å². The first-order valence-corrected chi connectivity index (χ1v) is 8.73. The van der Waals surface area contributed by atoms with Gasteiger partial charge in [0.1, 0.15) is 0 Å². The van der Waals surface area contributed by atoms with E-state index in [0.717, 1.165) is 23.7 Å². The van der Waals surface area contributed by atoms with E-state index in [1.807, 2.05) is 0 Å². The van der Waals surface area contributed by atoms with Crippen LogP contribution >= 0.6 is 0 Å². The molecule has 4 unspecified atom stereocenters. The van der Waals surface area contributed by atoms with Crippen molar-refractivity contribution in [2.75, 3.05) is 0 Å². The van der Waals surface area contributed by atoms with Gasteiger partial charge in [-0.3, -0.25) is 0 Å². The van der Waals surface area contributed by atoms with E-state index in [0.29, 0.717) is 0 Å². The highest BCUT2D eigenvalue weighted by molar-refractivity contribution is 5.11. The maximum absolute atomic E-state index is 2.54. The third kappa shape index (κ3) is 4.10. The number of rotatable bonds is 0. The lowest BCUT2D eigenvalue weighted by Crippen LogP contribution is -2.27. The average molecular weight is 262 g/mol. The summed E-state index contributed by atoms with van der Waals surface area (Å²) in [5.74, 6) is 3.89. The Morgan fingerprint density at radius 2 is 1.53 bits per heavy atom. The molecule has 0 N–H and O–H groups in total. The molecule has 0 radical (unpaired) electrons. The molecule has 0 amide bonds. The van der Waals surface area contributed by atoms with E-state index in [1.165, 1.54) is 57.8 Å². The second-order valence-corrected chi connectivity index (χ2v) is 7.73. The molecule has 110 valence electrons. The van der Waals surface area contributed by atoms with E-state index in [-0.39, 0.29) is 0 Å². The van der Waals surface area contributed by atoms with Gasteiger partial charge in [-0.2, -0.15) is 0 Å². The van der Waals surface area contributed by atoms with E-state index in [4.69, 9.17) is 0 Å². The lowest BCUT2D eigenvalue weighted by molar-refractivity contribution is 0.151. The zero-order valence-electron chi connectivity index (χ0n) is 13.7. The van der Waals surface area contributed by atoms with E-state index < -0.39 is 0 Å². The molecule has 0 saturated heterocycles. The van der Waals surface area contributed by atoms with Crippen LogP contribution in [0.1, 0.15) is 85.5 Å². The molecule has 0 aromatic carbocycles. The monoisotopic (exact) mass is 262 g/mol. The molecule has 2 rings (SSSR count). The topological polar surface area (TPSA) is 0 Å². The van der Waals surface area contributed by atoms with Crippen LogP contribution < -0.4 is 0 Å². The summed E-state index contributed by atoms with van der Waals surface area (Å²) in [4.78, 5) is 0. The van der Waals surface area contributed by atoms with Crippen LogP contribution in [0.25, 0.3) is 0 Å². The van der Waals surface area contributed by atoms with Gasteiger partial charge in [-0.25, -0.2) is 0 Å². The predicted molar refractivity (Wildman–Crippen MR) is 85.2 cm³/mol. The normalized spacial score (nSPS) is 37.6. The smallest absolute Gasteiger partial charge is 0.0289 e. The molecular weight excluding hydrogens is 228 g/mol. The molecule has 0 heteroatoms. The standard InChI is InChI=1S/C19H34/c1-14(2)18-12-15(3)8-7-10-17-9-5-6-11-19(17)16(4)13-18/h15-17,19H,5-13H2,1-4H3. The molecule has 0 aromatic heterocycles. The highest BCUT2D eigenvalue weighted by Crippen LogP contribution is 2.42. The molecule has 0 aromatic rings. The van der Waals surface area contributed by atoms with Crippen molar-refractivity contribution in [1.82, 2.24) is 0 Å². The Morgan fingerprint density at radius 3 is 2.26 bits per heavy atom. The van der Waals surface area contributed by atoms with Gasteiger partial charge in [0.05, 0.1) is 0 Å². The summed E-state index contributed by atoms with van der Waals surface area (Å²) in [5.41, 5.74) is 3.39. The van der Waals surface area contributed by atoms with Crippen LogP contribution in [0.3, 0.4) is 0 Å². The van der Waals surface area contributed by atoms with Gasteiger partial charge in [0.2, 0.25) is 0 Å². The van der Waals surface area contributed by atoms with Crippen molar-refractivity contribution in [3.05, 3.63) is 11.1 Å². The van der Waals surface area contributed by atoms with Crippen molar-refractivity contribution in [2.24, 2.45) is 23.7 Å². The summed E-state index contributed by atoms with van der Waals surface area (Å²) >= 11 is 0. The number of allylic oxidation sites excluding steroid dienone is 2. The quantitative estimate of drug-likeness (QED) is 0.445. The van der Waals surface area contributed by atoms with Crippen LogP contribution in [0.5, 0.6) is 0 Å². The molecule has 0 bridgehead atoms. The Bertz CT molecular complexity index is 308. The third-order valence-electron chi connectivity index (χ3n) is 5.84. The zero-order valence-corrected chi connectivity index (χ0v) is 13.7. The Kier molecular flexibility index (Phi) is 5.54. The summed E-state index contributed by atoms with van der Waals surface area (Å²) in [6, 6.07) is 0. The maximum Gasteiger partial charge on any atom is -0.0289 e. The van der Waals surface area contributed by atoms with Gasteiger partial charge < -0.3 is 0 Å². The minimum absolute atomic E-state index is 0.900. The van der Waals surface area contributed by atoms with Crippen molar-refractivity contribution in [3.8, 4) is 0 Å². The van der Waals surface area contributed by atoms with Crippen molar-refractivity contribution in [2.45, 2.75) is 85.5 Å². The fraction of sp³-hybridized carbons (Fsp3) is 0.895. The van der Waals surface area contributed by atoms with Crippen LogP contribution in [0.4, 0.5) is 0 Å². The maximum atomic E-state index is 2.54. The lowest BCUT2D eigenvalue weighted by Gasteiger charge is -2.38. The molecule has 19 heavy (non-hydrogen) atoms. The number of hydrogen-bond acceptors (Lipinski definition) is 0. The lowest BCUT2D eigenvalue weighted by atomic mass is 9.68. The molecule has 0 aliphatic heterocycles. The average Bonchev–Trinajstić information content (AvgIpc) is 2.37. The van der Waals surface area contributed by atoms with E-state index >= 15 is 0 Å².